The number of aliphatic hydroxyl groups excluding tert-OH is 2. The molecule has 0 spiro atoms. The summed E-state index contributed by atoms with van der Waals surface area (Å²) in [6.45, 7) is 3.34. The van der Waals surface area contributed by atoms with Crippen LogP contribution in [0, 0.1) is 13.8 Å². The summed E-state index contributed by atoms with van der Waals surface area (Å²) in [4.78, 5) is 7.91. The molecule has 0 fully saturated rings. The van der Waals surface area contributed by atoms with E-state index < -0.39 is 10.9 Å². The van der Waals surface area contributed by atoms with Crippen LogP contribution in [0.4, 0.5) is 0 Å². The topological polar surface area (TPSA) is 107 Å². The number of aliphatic hydroxyl groups is 2. The van der Waals surface area contributed by atoms with E-state index in [2.05, 4.69) is 9.97 Å². The third-order valence-electron chi connectivity index (χ3n) is 3.44. The average molecular weight is 368 g/mol. The molecule has 4 N–H and O–H groups in total. The summed E-state index contributed by atoms with van der Waals surface area (Å²) in [6.07, 6.45) is 3.09. The van der Waals surface area contributed by atoms with E-state index >= 15 is 0 Å². The van der Waals surface area contributed by atoms with Crippen molar-refractivity contribution in [2.45, 2.75) is 24.7 Å². The van der Waals surface area contributed by atoms with E-state index in [9.17, 15) is 20.4 Å². The maximum atomic E-state index is 10.1. The minimum Gasteiger partial charge on any atom is -0.506 e. The van der Waals surface area contributed by atoms with Crippen LogP contribution in [0.25, 0.3) is 0 Å². The molecule has 130 valence electrons. The van der Waals surface area contributed by atoms with Gasteiger partial charge in [0.05, 0.1) is 11.4 Å². The fourth-order valence-corrected chi connectivity index (χ4v) is 4.01. The molecule has 0 amide bonds. The number of nitrogens with zero attached hydrogens (tertiary/aromatic N) is 2. The zero-order valence-electron chi connectivity index (χ0n) is 13.4. The average Bonchev–Trinajstić information content (AvgIpc) is 2.56. The van der Waals surface area contributed by atoms with Crippen LogP contribution >= 0.6 is 23.5 Å². The number of hydrogen-bond acceptors (Lipinski definition) is 8. The molecule has 0 saturated heterocycles. The maximum absolute atomic E-state index is 10.1. The van der Waals surface area contributed by atoms with Crippen molar-refractivity contribution in [1.29, 1.82) is 0 Å². The summed E-state index contributed by atoms with van der Waals surface area (Å²) >= 11 is 2.52. The monoisotopic (exact) mass is 368 g/mol. The maximum Gasteiger partial charge on any atom is 0.143 e. The molecule has 2 atom stereocenters. The molecule has 2 aromatic heterocycles. The van der Waals surface area contributed by atoms with Gasteiger partial charge >= 0.3 is 0 Å². The van der Waals surface area contributed by atoms with E-state index in [4.69, 9.17) is 0 Å². The lowest BCUT2D eigenvalue weighted by Gasteiger charge is -2.15. The summed E-state index contributed by atoms with van der Waals surface area (Å²) in [7, 11) is 0. The summed E-state index contributed by atoms with van der Waals surface area (Å²) in [5, 5.41) is 40.1. The van der Waals surface area contributed by atoms with E-state index in [-0.39, 0.29) is 11.5 Å². The van der Waals surface area contributed by atoms with Gasteiger partial charge in [0.2, 0.25) is 0 Å². The molecule has 2 aromatic rings. The van der Waals surface area contributed by atoms with Gasteiger partial charge < -0.3 is 20.4 Å². The summed E-state index contributed by atoms with van der Waals surface area (Å²) in [6, 6.07) is 3.17. The Hall–Kier alpha value is -1.48. The Labute approximate surface area is 149 Å². The highest BCUT2D eigenvalue weighted by atomic mass is 32.2. The third-order valence-corrected chi connectivity index (χ3v) is 5.72. The van der Waals surface area contributed by atoms with Crippen LogP contribution < -0.4 is 0 Å². The molecular weight excluding hydrogens is 348 g/mol. The van der Waals surface area contributed by atoms with Gasteiger partial charge in [-0.3, -0.25) is 9.97 Å². The smallest absolute Gasteiger partial charge is 0.143 e. The Morgan fingerprint density at radius 1 is 0.833 bits per heavy atom. The Morgan fingerprint density at radius 3 is 1.58 bits per heavy atom. The highest BCUT2D eigenvalue weighted by Crippen LogP contribution is 2.36. The molecule has 0 radical (unpaired) electrons. The predicted molar refractivity (Wildman–Crippen MR) is 96.1 cm³/mol. The lowest BCUT2D eigenvalue weighted by molar-refractivity contribution is 0.262. The van der Waals surface area contributed by atoms with Crippen LogP contribution in [0.1, 0.15) is 33.4 Å². The molecule has 2 unspecified atom stereocenters. The van der Waals surface area contributed by atoms with Crippen molar-refractivity contribution in [2.24, 2.45) is 0 Å². The summed E-state index contributed by atoms with van der Waals surface area (Å²) in [5.41, 5.74) is 0.0869. The second kappa shape index (κ2) is 8.57. The first-order valence-electron chi connectivity index (χ1n) is 7.30. The van der Waals surface area contributed by atoms with Crippen LogP contribution in [-0.2, 0) is 0 Å². The van der Waals surface area contributed by atoms with Gasteiger partial charge in [-0.15, -0.1) is 23.5 Å². The molecule has 2 rings (SSSR count). The summed E-state index contributed by atoms with van der Waals surface area (Å²) < 4.78 is 0. The molecular formula is C16H20N2O4S2. The molecule has 6 nitrogen and oxygen atoms in total. The van der Waals surface area contributed by atoms with Crippen molar-refractivity contribution in [3.05, 3.63) is 47.0 Å². The van der Waals surface area contributed by atoms with E-state index in [1.807, 2.05) is 0 Å². The number of aromatic nitrogens is 2. The van der Waals surface area contributed by atoms with Gasteiger partial charge in [0, 0.05) is 35.0 Å². The zero-order valence-corrected chi connectivity index (χ0v) is 15.0. The van der Waals surface area contributed by atoms with E-state index in [0.29, 0.717) is 34.0 Å². The molecule has 0 bridgehead atoms. The standard InChI is InChI=1S/C16H20N2O4S2/c1-9-13(19)11(3-5-17-9)15(21)23-7-8-24-16(22)12-4-6-18-10(2)14(12)20/h3-6,15-16,19-22H,7-8H2,1-2H3. The highest BCUT2D eigenvalue weighted by molar-refractivity contribution is 8.03. The molecule has 8 heteroatoms. The largest absolute Gasteiger partial charge is 0.506 e. The fourth-order valence-electron chi connectivity index (χ4n) is 2.05. The lowest BCUT2D eigenvalue weighted by Crippen LogP contribution is -2.00. The van der Waals surface area contributed by atoms with Gasteiger partial charge in [-0.05, 0) is 26.0 Å². The number of aromatic hydroxyl groups is 2. The summed E-state index contributed by atoms with van der Waals surface area (Å²) in [5.74, 6) is 1.13. The first-order valence-corrected chi connectivity index (χ1v) is 9.39. The van der Waals surface area contributed by atoms with E-state index in [1.54, 1.807) is 38.4 Å². The minimum absolute atomic E-state index is 0.00220. The Morgan fingerprint density at radius 2 is 1.21 bits per heavy atom. The van der Waals surface area contributed by atoms with E-state index in [0.717, 1.165) is 0 Å². The lowest BCUT2D eigenvalue weighted by atomic mass is 10.2. The third kappa shape index (κ3) is 4.54. The fraction of sp³-hybridized carbons (Fsp3) is 0.375. The molecule has 0 aromatic carbocycles. The number of hydrogen-bond donors (Lipinski definition) is 4. The molecule has 0 aliphatic heterocycles. The van der Waals surface area contributed by atoms with Crippen LogP contribution in [0.2, 0.25) is 0 Å². The molecule has 0 aliphatic rings. The van der Waals surface area contributed by atoms with Gasteiger partial charge in [0.1, 0.15) is 22.4 Å². The van der Waals surface area contributed by atoms with Crippen LogP contribution in [0.15, 0.2) is 24.5 Å². The zero-order chi connectivity index (χ0) is 17.7. The highest BCUT2D eigenvalue weighted by Gasteiger charge is 2.17. The number of thioether (sulfide) groups is 2. The van der Waals surface area contributed by atoms with Gasteiger partial charge in [-0.1, -0.05) is 0 Å². The molecule has 0 saturated carbocycles. The SMILES string of the molecule is Cc1nccc(C(O)SCCSC(O)c2ccnc(C)c2O)c1O. The van der Waals surface area contributed by atoms with Crippen molar-refractivity contribution in [2.75, 3.05) is 11.5 Å². The van der Waals surface area contributed by atoms with Crippen LogP contribution in [0.3, 0.4) is 0 Å². The number of aryl methyl sites for hydroxylation is 2. The van der Waals surface area contributed by atoms with Crippen LogP contribution in [0.5, 0.6) is 11.5 Å². The second-order valence-corrected chi connectivity index (χ2v) is 7.49. The Bertz CT molecular complexity index is 640. The van der Waals surface area contributed by atoms with Crippen LogP contribution in [-0.4, -0.2) is 41.9 Å². The number of pyridine rings is 2. The van der Waals surface area contributed by atoms with Gasteiger partial charge in [0.15, 0.2) is 0 Å². The van der Waals surface area contributed by atoms with E-state index in [1.165, 1.54) is 23.5 Å². The van der Waals surface area contributed by atoms with Crippen molar-refractivity contribution >= 4 is 23.5 Å². The normalized spacial score (nSPS) is 13.7. The van der Waals surface area contributed by atoms with Crippen molar-refractivity contribution in [3.8, 4) is 11.5 Å². The second-order valence-electron chi connectivity index (χ2n) is 5.11. The van der Waals surface area contributed by atoms with Gasteiger partial charge in [0.25, 0.3) is 0 Å². The predicted octanol–water partition coefficient (Wildman–Crippen LogP) is 2.65. The first kappa shape index (κ1) is 18.9. The van der Waals surface area contributed by atoms with Gasteiger partial charge in [-0.25, -0.2) is 0 Å². The number of rotatable bonds is 7. The van der Waals surface area contributed by atoms with Crippen molar-refractivity contribution in [1.82, 2.24) is 9.97 Å². The minimum atomic E-state index is -0.860. The quantitative estimate of drug-likeness (QED) is 0.436. The molecule has 2 heterocycles. The first-order chi connectivity index (χ1) is 11.4. The Kier molecular flexibility index (Phi) is 6.73. The van der Waals surface area contributed by atoms with Crippen molar-refractivity contribution < 1.29 is 20.4 Å². The van der Waals surface area contributed by atoms with Crippen molar-refractivity contribution in [3.63, 3.8) is 0 Å². The Balaban J connectivity index is 1.84. The van der Waals surface area contributed by atoms with Gasteiger partial charge in [-0.2, -0.15) is 0 Å². The molecule has 24 heavy (non-hydrogen) atoms. The molecule has 0 aliphatic carbocycles.